The molecule has 0 aromatic heterocycles. The lowest BCUT2D eigenvalue weighted by atomic mass is 10.3. The van der Waals surface area contributed by atoms with Gasteiger partial charge in [-0.15, -0.1) is 0 Å². The van der Waals surface area contributed by atoms with Crippen molar-refractivity contribution in [3.63, 3.8) is 0 Å². The Kier molecular flexibility index (Phi) is 6.80. The molecule has 2 rings (SSSR count). The van der Waals surface area contributed by atoms with Crippen LogP contribution >= 0.6 is 0 Å². The summed E-state index contributed by atoms with van der Waals surface area (Å²) >= 11 is 0. The van der Waals surface area contributed by atoms with Crippen LogP contribution < -0.4 is 4.74 Å². The average Bonchev–Trinajstić information content (AvgIpc) is 2.50. The Labute approximate surface area is 126 Å². The molecule has 0 unspecified atom stereocenters. The number of hydrogen-bond donors (Lipinski definition) is 0. The molecule has 0 aliphatic carbocycles. The first kappa shape index (κ1) is 16.9. The molecule has 0 aliphatic rings. The zero-order chi connectivity index (χ0) is 16.3. The Hall–Kier alpha value is -3.19. The fourth-order valence-electron chi connectivity index (χ4n) is 1.22. The molecule has 112 valence electrons. The summed E-state index contributed by atoms with van der Waals surface area (Å²) in [6.45, 7) is 0. The summed E-state index contributed by atoms with van der Waals surface area (Å²) in [5.41, 5.74) is 15.0. The topological polar surface area (TPSA) is 141 Å². The smallest absolute Gasteiger partial charge is 0.321 e. The van der Waals surface area contributed by atoms with Gasteiger partial charge >= 0.3 is 10.2 Å². The maximum atomic E-state index is 9.99. The third-order valence-corrected chi connectivity index (χ3v) is 2.56. The van der Waals surface area contributed by atoms with Crippen molar-refractivity contribution in [2.75, 3.05) is 0 Å². The van der Waals surface area contributed by atoms with Crippen molar-refractivity contribution >= 4 is 10.2 Å². The molecule has 0 amide bonds. The minimum absolute atomic E-state index is 0.869. The van der Waals surface area contributed by atoms with Crippen LogP contribution in [0.2, 0.25) is 0 Å². The predicted molar refractivity (Wildman–Crippen MR) is 80.2 cm³/mol. The summed E-state index contributed by atoms with van der Waals surface area (Å²) < 4.78 is 29.9. The van der Waals surface area contributed by atoms with Gasteiger partial charge in [-0.2, -0.15) is 0 Å². The SMILES string of the molecule is [N-]=[N+]=NS(=O)(=O)N=[N+]=[N-].c1ccc(Oc2ccccc2)cc1. The molecule has 0 spiro atoms. The van der Waals surface area contributed by atoms with Crippen LogP contribution in [0.1, 0.15) is 0 Å². The van der Waals surface area contributed by atoms with E-state index in [4.69, 9.17) is 15.8 Å². The lowest BCUT2D eigenvalue weighted by molar-refractivity contribution is 0.482. The highest BCUT2D eigenvalue weighted by Gasteiger charge is 1.99. The van der Waals surface area contributed by atoms with Crippen LogP contribution in [0.5, 0.6) is 11.5 Å². The minimum atomic E-state index is -4.27. The molecule has 0 saturated heterocycles. The zero-order valence-corrected chi connectivity index (χ0v) is 11.9. The van der Waals surface area contributed by atoms with Gasteiger partial charge in [0.25, 0.3) is 0 Å². The number of para-hydroxylation sites is 2. The first-order valence-electron chi connectivity index (χ1n) is 5.73. The van der Waals surface area contributed by atoms with Crippen molar-refractivity contribution in [2.24, 2.45) is 9.04 Å². The summed E-state index contributed by atoms with van der Waals surface area (Å²) in [4.78, 5) is 3.80. The lowest BCUT2D eigenvalue weighted by Gasteiger charge is -2.03. The minimum Gasteiger partial charge on any atom is -0.457 e. The van der Waals surface area contributed by atoms with E-state index in [0.717, 1.165) is 11.5 Å². The van der Waals surface area contributed by atoms with Crippen LogP contribution in [0.25, 0.3) is 20.9 Å². The van der Waals surface area contributed by atoms with E-state index >= 15 is 0 Å². The molecule has 0 atom stereocenters. The molecule has 0 saturated carbocycles. The fourth-order valence-corrected chi connectivity index (χ4v) is 1.44. The van der Waals surface area contributed by atoms with E-state index in [2.05, 4.69) is 9.04 Å². The third kappa shape index (κ3) is 6.83. The van der Waals surface area contributed by atoms with Crippen molar-refractivity contribution < 1.29 is 13.2 Å². The summed E-state index contributed by atoms with van der Waals surface area (Å²) in [6.07, 6.45) is 0. The van der Waals surface area contributed by atoms with Gasteiger partial charge in [-0.05, 0) is 35.3 Å². The molecule has 0 heterocycles. The van der Waals surface area contributed by atoms with Crippen LogP contribution in [-0.4, -0.2) is 8.42 Å². The first-order valence-corrected chi connectivity index (χ1v) is 7.13. The molecule has 9 nitrogen and oxygen atoms in total. The van der Waals surface area contributed by atoms with Gasteiger partial charge in [-0.1, -0.05) is 36.4 Å². The molecule has 0 fully saturated rings. The number of nitrogens with zero attached hydrogens (tertiary/aromatic N) is 6. The van der Waals surface area contributed by atoms with Gasteiger partial charge < -0.3 is 4.74 Å². The van der Waals surface area contributed by atoms with Crippen molar-refractivity contribution in [3.8, 4) is 11.5 Å². The molecule has 0 aliphatic heterocycles. The molecule has 0 N–H and O–H groups in total. The van der Waals surface area contributed by atoms with Gasteiger partial charge in [-0.25, -0.2) is 8.42 Å². The van der Waals surface area contributed by atoms with E-state index in [1.807, 2.05) is 70.5 Å². The van der Waals surface area contributed by atoms with E-state index in [1.54, 1.807) is 0 Å². The predicted octanol–water partition coefficient (Wildman–Crippen LogP) is 4.33. The van der Waals surface area contributed by atoms with Crippen LogP contribution in [0.15, 0.2) is 69.7 Å². The van der Waals surface area contributed by atoms with E-state index in [-0.39, 0.29) is 0 Å². The van der Waals surface area contributed by atoms with Gasteiger partial charge in [0.2, 0.25) is 0 Å². The molecular formula is C12H10N6O3S. The summed E-state index contributed by atoms with van der Waals surface area (Å²) in [7, 11) is -4.27. The van der Waals surface area contributed by atoms with Crippen LogP contribution in [-0.2, 0) is 10.2 Å². The second kappa shape index (κ2) is 8.88. The molecule has 0 radical (unpaired) electrons. The van der Waals surface area contributed by atoms with E-state index < -0.39 is 10.2 Å². The largest absolute Gasteiger partial charge is 0.457 e. The van der Waals surface area contributed by atoms with Gasteiger partial charge in [0.1, 0.15) is 11.5 Å². The highest BCUT2D eigenvalue weighted by molar-refractivity contribution is 7.88. The van der Waals surface area contributed by atoms with Gasteiger partial charge in [-0.3, -0.25) is 0 Å². The maximum absolute atomic E-state index is 9.99. The molecule has 2 aromatic rings. The monoisotopic (exact) mass is 318 g/mol. The first-order chi connectivity index (χ1) is 10.6. The third-order valence-electron chi connectivity index (χ3n) is 2.00. The number of ether oxygens (including phenoxy) is 1. The van der Waals surface area contributed by atoms with E-state index in [0.29, 0.717) is 0 Å². The van der Waals surface area contributed by atoms with Crippen molar-refractivity contribution in [3.05, 3.63) is 81.5 Å². The fraction of sp³-hybridized carbons (Fsp3) is 0. The number of benzene rings is 2. The quantitative estimate of drug-likeness (QED) is 0.470. The Balaban J connectivity index is 0.000000239. The van der Waals surface area contributed by atoms with Crippen LogP contribution in [0.3, 0.4) is 0 Å². The highest BCUT2D eigenvalue weighted by atomic mass is 32.2. The molecule has 10 heteroatoms. The summed E-state index contributed by atoms with van der Waals surface area (Å²) in [6, 6.07) is 19.5. The van der Waals surface area contributed by atoms with Crippen molar-refractivity contribution in [1.29, 1.82) is 0 Å². The normalized spacial score (nSPS) is 9.27. The number of azide groups is 1. The van der Waals surface area contributed by atoms with Crippen LogP contribution in [0.4, 0.5) is 0 Å². The van der Waals surface area contributed by atoms with Crippen molar-refractivity contribution in [2.45, 2.75) is 0 Å². The van der Waals surface area contributed by atoms with Gasteiger partial charge in [0.15, 0.2) is 0 Å². The van der Waals surface area contributed by atoms with Gasteiger partial charge in [0, 0.05) is 18.9 Å². The number of hydrogen-bond acceptors (Lipinski definition) is 3. The molecular weight excluding hydrogens is 308 g/mol. The zero-order valence-electron chi connectivity index (χ0n) is 11.1. The second-order valence-corrected chi connectivity index (χ2v) is 4.74. The molecule has 22 heavy (non-hydrogen) atoms. The summed E-state index contributed by atoms with van der Waals surface area (Å²) in [5, 5.41) is 0. The van der Waals surface area contributed by atoms with Crippen LogP contribution in [0, 0.1) is 0 Å². The molecule has 2 aromatic carbocycles. The Morgan fingerprint density at radius 3 is 1.45 bits per heavy atom. The Bertz CT molecular complexity index is 721. The van der Waals surface area contributed by atoms with Crippen molar-refractivity contribution in [1.82, 2.24) is 0 Å². The lowest BCUT2D eigenvalue weighted by Crippen LogP contribution is -1.82. The van der Waals surface area contributed by atoms with Gasteiger partial charge in [0.05, 0.1) is 0 Å². The van der Waals surface area contributed by atoms with E-state index in [9.17, 15) is 8.42 Å². The number of rotatable bonds is 4. The highest BCUT2D eigenvalue weighted by Crippen LogP contribution is 2.19. The standard InChI is InChI=1S/C12H10O.N6O2S/c1-3-7-11(8-4-1)13-12-9-5-2-6-10-12;1-3-5-9(7,8)6-4-2/h1-10H;. The Morgan fingerprint density at radius 2 is 1.14 bits per heavy atom. The Morgan fingerprint density at radius 1 is 0.773 bits per heavy atom. The average molecular weight is 318 g/mol. The van der Waals surface area contributed by atoms with E-state index in [1.165, 1.54) is 0 Å². The second-order valence-electron chi connectivity index (χ2n) is 3.52. The molecule has 0 bridgehead atoms. The maximum Gasteiger partial charge on any atom is 0.321 e. The summed E-state index contributed by atoms with van der Waals surface area (Å²) in [5.74, 6) is 1.74.